The van der Waals surface area contributed by atoms with Crippen LogP contribution in [0.15, 0.2) is 48.5 Å². The highest BCUT2D eigenvalue weighted by molar-refractivity contribution is 6.00. The van der Waals surface area contributed by atoms with Gasteiger partial charge in [-0.2, -0.15) is 0 Å². The summed E-state index contributed by atoms with van der Waals surface area (Å²) in [6.45, 7) is 5.50. The number of carbonyl (C=O) groups excluding carboxylic acids is 3. The molecule has 2 atom stereocenters. The highest BCUT2D eigenvalue weighted by atomic mass is 16.4. The Balaban J connectivity index is 1.92. The van der Waals surface area contributed by atoms with Crippen LogP contribution in [-0.4, -0.2) is 41.5 Å². The van der Waals surface area contributed by atoms with Gasteiger partial charge < -0.3 is 26.4 Å². The van der Waals surface area contributed by atoms with Crippen LogP contribution < -0.4 is 21.3 Å². The molecule has 0 spiro atoms. The van der Waals surface area contributed by atoms with Gasteiger partial charge in [0.15, 0.2) is 0 Å². The van der Waals surface area contributed by atoms with E-state index >= 15 is 0 Å². The molecule has 2 rings (SSSR count). The largest absolute Gasteiger partial charge is 0.480 e. The molecule has 9 heteroatoms. The van der Waals surface area contributed by atoms with Gasteiger partial charge in [0.2, 0.25) is 11.8 Å². The molecule has 0 aliphatic carbocycles. The molecule has 190 valence electrons. The summed E-state index contributed by atoms with van der Waals surface area (Å²) >= 11 is 0. The van der Waals surface area contributed by atoms with Crippen LogP contribution >= 0.6 is 0 Å². The zero-order chi connectivity index (χ0) is 26.7. The molecule has 0 heterocycles. The number of hydrogen-bond donors (Lipinski definition) is 5. The lowest BCUT2D eigenvalue weighted by Crippen LogP contribution is -2.49. The van der Waals surface area contributed by atoms with Gasteiger partial charge in [-0.1, -0.05) is 50.1 Å². The summed E-state index contributed by atoms with van der Waals surface area (Å²) in [5.74, 6) is -0.973. The van der Waals surface area contributed by atoms with Crippen molar-refractivity contribution in [3.05, 3.63) is 59.7 Å². The third-order valence-electron chi connectivity index (χ3n) is 5.31. The van der Waals surface area contributed by atoms with Gasteiger partial charge in [0.1, 0.15) is 12.0 Å². The summed E-state index contributed by atoms with van der Waals surface area (Å²) < 4.78 is 0. The van der Waals surface area contributed by atoms with E-state index in [0.29, 0.717) is 23.4 Å². The van der Waals surface area contributed by atoms with E-state index in [0.717, 1.165) is 5.56 Å². The lowest BCUT2D eigenvalue weighted by atomic mass is 10.0. The number of anilines is 2. The second kappa shape index (κ2) is 13.5. The number of amides is 4. The third kappa shape index (κ3) is 9.14. The molecule has 2 aromatic rings. The van der Waals surface area contributed by atoms with Crippen molar-refractivity contribution in [2.24, 2.45) is 11.8 Å². The van der Waals surface area contributed by atoms with Crippen molar-refractivity contribution in [1.29, 1.82) is 0 Å². The minimum Gasteiger partial charge on any atom is -0.480 e. The summed E-state index contributed by atoms with van der Waals surface area (Å²) in [5, 5.41) is 19.8. The van der Waals surface area contributed by atoms with Crippen LogP contribution in [0, 0.1) is 31.1 Å². The molecule has 0 aromatic heterocycles. The van der Waals surface area contributed by atoms with Crippen LogP contribution in [-0.2, 0) is 20.8 Å². The van der Waals surface area contributed by atoms with E-state index in [9.17, 15) is 19.2 Å². The predicted molar refractivity (Wildman–Crippen MR) is 138 cm³/mol. The molecule has 0 saturated carbocycles. The average Bonchev–Trinajstić information content (AvgIpc) is 2.81. The maximum absolute atomic E-state index is 12.6. The number of aliphatic carboxylic acids is 1. The van der Waals surface area contributed by atoms with Crippen molar-refractivity contribution in [3.63, 3.8) is 0 Å². The molecule has 36 heavy (non-hydrogen) atoms. The number of hydrogen-bond acceptors (Lipinski definition) is 4. The molecule has 2 aromatic carbocycles. The van der Waals surface area contributed by atoms with E-state index in [1.54, 1.807) is 24.3 Å². The molecule has 9 nitrogen and oxygen atoms in total. The molecule has 4 amide bonds. The first-order valence-electron chi connectivity index (χ1n) is 11.6. The minimum atomic E-state index is -1.20. The maximum atomic E-state index is 12.6. The second-order valence-electron chi connectivity index (χ2n) is 8.82. The van der Waals surface area contributed by atoms with Gasteiger partial charge in [-0.15, -0.1) is 6.42 Å². The molecule has 0 unspecified atom stereocenters. The number of aryl methyl sites for hydroxylation is 1. The van der Waals surface area contributed by atoms with Crippen molar-refractivity contribution >= 4 is 35.2 Å². The van der Waals surface area contributed by atoms with E-state index < -0.39 is 23.8 Å². The molecular formula is C27H32N4O5. The molecule has 0 radical (unpaired) electrons. The van der Waals surface area contributed by atoms with Crippen LogP contribution in [0.5, 0.6) is 0 Å². The Morgan fingerprint density at radius 1 is 1.00 bits per heavy atom. The summed E-state index contributed by atoms with van der Waals surface area (Å²) in [6.07, 6.45) is 5.59. The van der Waals surface area contributed by atoms with Gasteiger partial charge in [0.05, 0.1) is 6.42 Å². The van der Waals surface area contributed by atoms with Crippen molar-refractivity contribution in [2.45, 2.75) is 39.7 Å². The molecule has 0 bridgehead atoms. The Bertz CT molecular complexity index is 1120. The molecule has 0 aliphatic heterocycles. The number of benzene rings is 2. The maximum Gasteiger partial charge on any atom is 0.323 e. The van der Waals surface area contributed by atoms with E-state index in [-0.39, 0.29) is 30.8 Å². The van der Waals surface area contributed by atoms with Gasteiger partial charge in [-0.05, 0) is 48.6 Å². The van der Waals surface area contributed by atoms with Crippen LogP contribution in [0.4, 0.5) is 16.2 Å². The van der Waals surface area contributed by atoms with Gasteiger partial charge in [0.25, 0.3) is 0 Å². The zero-order valence-electron chi connectivity index (χ0n) is 20.6. The number of carbonyl (C=O) groups is 4. The summed E-state index contributed by atoms with van der Waals surface area (Å²) in [7, 11) is 0. The van der Waals surface area contributed by atoms with Gasteiger partial charge >= 0.3 is 12.0 Å². The third-order valence-corrected chi connectivity index (χ3v) is 5.31. The Kier molecular flexibility index (Phi) is 10.5. The normalized spacial score (nSPS) is 12.1. The summed E-state index contributed by atoms with van der Waals surface area (Å²) in [5.41, 5.74) is 2.90. The standard InChI is InChI=1S/C27H32N4O5/c1-5-20(26(34)35)16-28-25(33)23(14-17(2)3)30-24(32)15-19-10-12-21(13-11-19)29-27(36)31-22-9-7-6-8-18(22)4/h1,6-13,17,20,23H,14-16H2,2-4H3,(H,28,33)(H,30,32)(H,34,35)(H2,29,31,36)/t20-,23-/m0/s1. The van der Waals surface area contributed by atoms with Crippen molar-refractivity contribution in [2.75, 3.05) is 17.2 Å². The fourth-order valence-corrected chi connectivity index (χ4v) is 3.38. The van der Waals surface area contributed by atoms with E-state index in [1.165, 1.54) is 0 Å². The fraction of sp³-hybridized carbons (Fsp3) is 0.333. The fourth-order valence-electron chi connectivity index (χ4n) is 3.38. The van der Waals surface area contributed by atoms with Crippen LogP contribution in [0.2, 0.25) is 0 Å². The number of carboxylic acids is 1. The molecule has 0 saturated heterocycles. The smallest absolute Gasteiger partial charge is 0.323 e. The lowest BCUT2D eigenvalue weighted by Gasteiger charge is -2.21. The van der Waals surface area contributed by atoms with Crippen LogP contribution in [0.3, 0.4) is 0 Å². The first kappa shape index (κ1) is 27.9. The van der Waals surface area contributed by atoms with Crippen LogP contribution in [0.25, 0.3) is 0 Å². The first-order chi connectivity index (χ1) is 17.1. The number of urea groups is 1. The Labute approximate surface area is 211 Å². The van der Waals surface area contributed by atoms with Crippen molar-refractivity contribution in [3.8, 4) is 12.3 Å². The van der Waals surface area contributed by atoms with Gasteiger partial charge in [0, 0.05) is 17.9 Å². The predicted octanol–water partition coefficient (Wildman–Crippen LogP) is 3.16. The Hall–Kier alpha value is -4.32. The van der Waals surface area contributed by atoms with E-state index in [2.05, 4.69) is 27.2 Å². The van der Waals surface area contributed by atoms with Gasteiger partial charge in [-0.3, -0.25) is 14.4 Å². The van der Waals surface area contributed by atoms with Crippen molar-refractivity contribution < 1.29 is 24.3 Å². The SMILES string of the molecule is C#C[C@@H](CNC(=O)[C@H](CC(C)C)NC(=O)Cc1ccc(NC(=O)Nc2ccccc2C)cc1)C(=O)O. The summed E-state index contributed by atoms with van der Waals surface area (Å²) in [4.78, 5) is 48.5. The highest BCUT2D eigenvalue weighted by Gasteiger charge is 2.24. The van der Waals surface area contributed by atoms with Crippen LogP contribution in [0.1, 0.15) is 31.4 Å². The minimum absolute atomic E-state index is 0.0274. The number of para-hydroxylation sites is 1. The molecule has 0 fully saturated rings. The average molecular weight is 493 g/mol. The number of carboxylic acid groups (broad SMARTS) is 1. The number of rotatable bonds is 11. The summed E-state index contributed by atoms with van der Waals surface area (Å²) in [6, 6.07) is 13.0. The first-order valence-corrected chi connectivity index (χ1v) is 11.6. The zero-order valence-corrected chi connectivity index (χ0v) is 20.6. The topological polar surface area (TPSA) is 137 Å². The lowest BCUT2D eigenvalue weighted by molar-refractivity contribution is -0.139. The van der Waals surface area contributed by atoms with E-state index in [4.69, 9.17) is 11.5 Å². The molecule has 0 aliphatic rings. The van der Waals surface area contributed by atoms with Gasteiger partial charge in [-0.25, -0.2) is 4.79 Å². The Morgan fingerprint density at radius 2 is 1.67 bits per heavy atom. The van der Waals surface area contributed by atoms with Crippen molar-refractivity contribution in [1.82, 2.24) is 10.6 Å². The molecule has 5 N–H and O–H groups in total. The number of nitrogens with one attached hydrogen (secondary N) is 4. The highest BCUT2D eigenvalue weighted by Crippen LogP contribution is 2.15. The number of terminal acetylenes is 1. The quantitative estimate of drug-likeness (QED) is 0.307. The monoisotopic (exact) mass is 492 g/mol. The second-order valence-corrected chi connectivity index (χ2v) is 8.82. The molecular weight excluding hydrogens is 460 g/mol. The van der Waals surface area contributed by atoms with E-state index in [1.807, 2.05) is 45.0 Å². The Morgan fingerprint density at radius 3 is 2.25 bits per heavy atom.